The van der Waals surface area contributed by atoms with Crippen LogP contribution in [0.25, 0.3) is 21.5 Å². The maximum Gasteiger partial charge on any atom is 0.330 e. The van der Waals surface area contributed by atoms with E-state index in [2.05, 4.69) is 18.1 Å². The van der Waals surface area contributed by atoms with Gasteiger partial charge in [0.2, 0.25) is 0 Å². The molecule has 0 saturated heterocycles. The number of esters is 4. The van der Waals surface area contributed by atoms with Crippen molar-refractivity contribution in [2.75, 3.05) is 19.6 Å². The third-order valence-corrected chi connectivity index (χ3v) is 8.22. The zero-order chi connectivity index (χ0) is 35.2. The van der Waals surface area contributed by atoms with Crippen molar-refractivity contribution in [1.29, 1.82) is 0 Å². The Labute approximate surface area is 287 Å². The van der Waals surface area contributed by atoms with Gasteiger partial charge in [-0.2, -0.15) is 0 Å². The largest absolute Gasteiger partial charge is 0.461 e. The monoisotopic (exact) mass is 665 g/mol. The fourth-order valence-electron chi connectivity index (χ4n) is 5.35. The molecule has 0 radical (unpaired) electrons. The van der Waals surface area contributed by atoms with Crippen LogP contribution in [0.4, 0.5) is 0 Å². The summed E-state index contributed by atoms with van der Waals surface area (Å²) in [5.74, 6) is -2.18. The molecule has 0 spiro atoms. The highest BCUT2D eigenvalue weighted by Gasteiger charge is 2.24. The quantitative estimate of drug-likeness (QED) is 0.0632. The molecule has 0 amide bonds. The first-order valence-corrected chi connectivity index (χ1v) is 16.4. The van der Waals surface area contributed by atoms with E-state index in [1.54, 1.807) is 0 Å². The van der Waals surface area contributed by atoms with Crippen LogP contribution in [-0.2, 0) is 64.6 Å². The number of nitrogens with zero attached hydrogens (tertiary/aromatic N) is 1. The topological polar surface area (TPSA) is 108 Å². The molecule has 0 aromatic heterocycles. The molecule has 0 N–H and O–H groups in total. The summed E-state index contributed by atoms with van der Waals surface area (Å²) in [5, 5.41) is 3.89. The molecule has 9 heteroatoms. The van der Waals surface area contributed by atoms with E-state index >= 15 is 0 Å². The lowest BCUT2D eigenvalue weighted by Gasteiger charge is -2.24. The third kappa shape index (κ3) is 11.1. The minimum absolute atomic E-state index is 0.0851. The van der Waals surface area contributed by atoms with Gasteiger partial charge in [0, 0.05) is 25.1 Å². The number of fused-ring (bicyclic) bond motifs is 2. The SMILES string of the molecule is C=CC(=O)OCc1ccc2cc(COC(=O)CCC(CN(CC)CC)C(=O)OCc3ccc4cc(COC(=O)C=C)ccc4c3)ccc2c1. The number of hydrogen-bond acceptors (Lipinski definition) is 9. The van der Waals surface area contributed by atoms with Crippen LogP contribution in [-0.4, -0.2) is 48.4 Å². The predicted octanol–water partition coefficient (Wildman–Crippen LogP) is 6.98. The van der Waals surface area contributed by atoms with Crippen molar-refractivity contribution in [3.05, 3.63) is 120 Å². The van der Waals surface area contributed by atoms with Crippen LogP contribution in [0.2, 0.25) is 0 Å². The van der Waals surface area contributed by atoms with Gasteiger partial charge in [0.1, 0.15) is 26.4 Å². The first-order chi connectivity index (χ1) is 23.7. The van der Waals surface area contributed by atoms with E-state index in [-0.39, 0.29) is 44.8 Å². The van der Waals surface area contributed by atoms with E-state index in [9.17, 15) is 19.2 Å². The Bertz CT molecular complexity index is 1810. The number of benzene rings is 4. The molecule has 0 aliphatic rings. The number of rotatable bonds is 18. The summed E-state index contributed by atoms with van der Waals surface area (Å²) in [6.07, 6.45) is 2.65. The van der Waals surface area contributed by atoms with E-state index < -0.39 is 17.9 Å². The van der Waals surface area contributed by atoms with Crippen LogP contribution < -0.4 is 0 Å². The second-order valence-electron chi connectivity index (χ2n) is 11.6. The van der Waals surface area contributed by atoms with Gasteiger partial charge in [-0.05, 0) is 87.6 Å². The number of ether oxygens (including phenoxy) is 4. The molecule has 4 aromatic rings. The van der Waals surface area contributed by atoms with E-state index in [4.69, 9.17) is 18.9 Å². The average molecular weight is 666 g/mol. The fourth-order valence-corrected chi connectivity index (χ4v) is 5.35. The minimum Gasteiger partial charge on any atom is -0.461 e. The maximum atomic E-state index is 13.3. The van der Waals surface area contributed by atoms with Gasteiger partial charge in [-0.3, -0.25) is 9.59 Å². The normalized spacial score (nSPS) is 11.6. The van der Waals surface area contributed by atoms with Crippen molar-refractivity contribution in [3.63, 3.8) is 0 Å². The van der Waals surface area contributed by atoms with Crippen molar-refractivity contribution >= 4 is 45.4 Å². The van der Waals surface area contributed by atoms with Crippen LogP contribution in [0.15, 0.2) is 98.1 Å². The second-order valence-corrected chi connectivity index (χ2v) is 11.6. The average Bonchev–Trinajstić information content (AvgIpc) is 3.13. The zero-order valence-electron chi connectivity index (χ0n) is 28.2. The number of hydrogen-bond donors (Lipinski definition) is 0. The number of carbonyl (C=O) groups is 4. The van der Waals surface area contributed by atoms with Crippen LogP contribution in [0.1, 0.15) is 48.9 Å². The molecule has 0 heterocycles. The molecule has 1 unspecified atom stereocenters. The van der Waals surface area contributed by atoms with Crippen molar-refractivity contribution in [3.8, 4) is 0 Å². The van der Waals surface area contributed by atoms with Crippen LogP contribution >= 0.6 is 0 Å². The van der Waals surface area contributed by atoms with Crippen molar-refractivity contribution in [2.45, 2.75) is 53.1 Å². The Morgan fingerprint density at radius 2 is 1.00 bits per heavy atom. The Morgan fingerprint density at radius 1 is 0.612 bits per heavy atom. The van der Waals surface area contributed by atoms with Crippen molar-refractivity contribution in [1.82, 2.24) is 4.90 Å². The van der Waals surface area contributed by atoms with Gasteiger partial charge in [0.05, 0.1) is 5.92 Å². The van der Waals surface area contributed by atoms with E-state index in [1.807, 2.05) is 86.6 Å². The van der Waals surface area contributed by atoms with E-state index in [0.717, 1.165) is 69.0 Å². The van der Waals surface area contributed by atoms with Gasteiger partial charge in [0.25, 0.3) is 0 Å². The molecule has 4 rings (SSSR count). The number of carbonyl (C=O) groups excluding carboxylic acids is 4. The summed E-state index contributed by atoms with van der Waals surface area (Å²) >= 11 is 0. The first kappa shape index (κ1) is 36.6. The van der Waals surface area contributed by atoms with E-state index in [0.29, 0.717) is 13.0 Å². The molecule has 256 valence electrons. The van der Waals surface area contributed by atoms with Gasteiger partial charge in [0.15, 0.2) is 0 Å². The molecule has 4 aromatic carbocycles. The van der Waals surface area contributed by atoms with Crippen molar-refractivity contribution < 1.29 is 38.1 Å². The maximum absolute atomic E-state index is 13.3. The second kappa shape index (κ2) is 18.3. The highest BCUT2D eigenvalue weighted by atomic mass is 16.5. The lowest BCUT2D eigenvalue weighted by molar-refractivity contribution is -0.152. The molecule has 49 heavy (non-hydrogen) atoms. The smallest absolute Gasteiger partial charge is 0.330 e. The summed E-state index contributed by atoms with van der Waals surface area (Å²) in [6.45, 7) is 13.4. The van der Waals surface area contributed by atoms with Crippen LogP contribution in [0.3, 0.4) is 0 Å². The summed E-state index contributed by atoms with van der Waals surface area (Å²) in [4.78, 5) is 50.9. The summed E-state index contributed by atoms with van der Waals surface area (Å²) in [6, 6.07) is 23.1. The van der Waals surface area contributed by atoms with E-state index in [1.165, 1.54) is 0 Å². The van der Waals surface area contributed by atoms with Gasteiger partial charge in [-0.15, -0.1) is 0 Å². The molecule has 0 aliphatic carbocycles. The van der Waals surface area contributed by atoms with Gasteiger partial charge in [-0.25, -0.2) is 9.59 Å². The molecule has 0 bridgehead atoms. The Hall–Kier alpha value is -5.28. The minimum atomic E-state index is -0.491. The lowest BCUT2D eigenvalue weighted by atomic mass is 10.0. The van der Waals surface area contributed by atoms with Gasteiger partial charge < -0.3 is 23.8 Å². The highest BCUT2D eigenvalue weighted by molar-refractivity contribution is 5.85. The van der Waals surface area contributed by atoms with Crippen molar-refractivity contribution in [2.24, 2.45) is 5.92 Å². The Balaban J connectivity index is 1.30. The first-order valence-electron chi connectivity index (χ1n) is 16.4. The molecule has 0 aliphatic heterocycles. The third-order valence-electron chi connectivity index (χ3n) is 8.22. The van der Waals surface area contributed by atoms with Crippen LogP contribution in [0.5, 0.6) is 0 Å². The van der Waals surface area contributed by atoms with Gasteiger partial charge >= 0.3 is 23.9 Å². The highest BCUT2D eigenvalue weighted by Crippen LogP contribution is 2.22. The summed E-state index contributed by atoms with van der Waals surface area (Å²) in [7, 11) is 0. The molecule has 0 saturated carbocycles. The lowest BCUT2D eigenvalue weighted by Crippen LogP contribution is -2.34. The molecule has 9 nitrogen and oxygen atoms in total. The van der Waals surface area contributed by atoms with Crippen LogP contribution in [0, 0.1) is 5.92 Å². The predicted molar refractivity (Wildman–Crippen MR) is 188 cm³/mol. The van der Waals surface area contributed by atoms with Gasteiger partial charge in [-0.1, -0.05) is 75.5 Å². The summed E-state index contributed by atoms with van der Waals surface area (Å²) in [5.41, 5.74) is 3.40. The molecular weight excluding hydrogens is 622 g/mol. The molecule has 0 fully saturated rings. The summed E-state index contributed by atoms with van der Waals surface area (Å²) < 4.78 is 21.6. The standard InChI is InChI=1S/C40H43NO8/c1-5-37(42)46-24-28-9-13-33-21-30(11-15-32(33)19-28)26-48-39(44)18-17-36(23-41(7-3)8-4)40(45)49-27-31-12-16-34-20-29(10-14-35(34)22-31)25-47-38(43)6-2/h5-6,9-16,19-22,36H,1-2,7-8,17-18,23-27H2,3-4H3. The Morgan fingerprint density at radius 3 is 1.39 bits per heavy atom. The molecule has 1 atom stereocenters. The fraction of sp³-hybridized carbons (Fsp3) is 0.300. The zero-order valence-corrected chi connectivity index (χ0v) is 28.2. The Kier molecular flexibility index (Phi) is 13.7. The molecular formula is C40H43NO8.